The van der Waals surface area contributed by atoms with Crippen LogP contribution in [-0.4, -0.2) is 84.5 Å². The molecule has 2 atom stereocenters. The first-order chi connectivity index (χ1) is 17.4. The Bertz CT molecular complexity index is 844. The Hall–Kier alpha value is -2.65. The molecule has 2 N–H and O–H groups in total. The number of nitrogens with two attached hydrogens (primary N) is 1. The first-order valence-electron chi connectivity index (χ1n) is 13.3. The molecule has 3 aliphatic heterocycles. The Morgan fingerprint density at radius 3 is 2.64 bits per heavy atom. The van der Waals surface area contributed by atoms with Gasteiger partial charge in [0.1, 0.15) is 0 Å². The molecule has 3 rings (SSSR count). The molecule has 3 amide bonds. The summed E-state index contributed by atoms with van der Waals surface area (Å²) in [6, 6.07) is 0.0897. The zero-order chi connectivity index (χ0) is 25.9. The molecule has 9 heteroatoms. The molecule has 3 heterocycles. The van der Waals surface area contributed by atoms with Crippen molar-refractivity contribution in [1.29, 1.82) is 0 Å². The Morgan fingerprint density at radius 1 is 1.17 bits per heavy atom. The van der Waals surface area contributed by atoms with Crippen LogP contribution >= 0.6 is 0 Å². The van der Waals surface area contributed by atoms with Gasteiger partial charge in [0, 0.05) is 45.1 Å². The highest BCUT2D eigenvalue weighted by Crippen LogP contribution is 2.32. The van der Waals surface area contributed by atoms with Crippen LogP contribution in [0.4, 0.5) is 0 Å². The summed E-state index contributed by atoms with van der Waals surface area (Å²) in [6.07, 6.45) is 12.5. The number of hydrogen-bond acceptors (Lipinski definition) is 7. The molecule has 2 fully saturated rings. The molecule has 2 saturated heterocycles. The summed E-state index contributed by atoms with van der Waals surface area (Å²) in [4.78, 5) is 43.2. The predicted molar refractivity (Wildman–Crippen MR) is 137 cm³/mol. The second-order valence-corrected chi connectivity index (χ2v) is 9.80. The van der Waals surface area contributed by atoms with Crippen LogP contribution in [0.15, 0.2) is 35.8 Å². The molecule has 0 aromatic heterocycles. The van der Waals surface area contributed by atoms with E-state index >= 15 is 0 Å². The van der Waals surface area contributed by atoms with Gasteiger partial charge in [-0.3, -0.25) is 24.2 Å². The van der Waals surface area contributed by atoms with E-state index in [9.17, 15) is 14.4 Å². The third-order valence-corrected chi connectivity index (χ3v) is 7.17. The van der Waals surface area contributed by atoms with E-state index in [2.05, 4.69) is 17.9 Å². The van der Waals surface area contributed by atoms with Crippen molar-refractivity contribution in [2.45, 2.75) is 64.8 Å². The van der Waals surface area contributed by atoms with Crippen molar-refractivity contribution in [1.82, 2.24) is 14.7 Å². The number of carbonyl (C=O) groups excluding carboxylic acids is 3. The van der Waals surface area contributed by atoms with E-state index in [1.807, 2.05) is 24.0 Å². The normalized spacial score (nSPS) is 26.7. The van der Waals surface area contributed by atoms with Crippen molar-refractivity contribution >= 4 is 17.7 Å². The second-order valence-electron chi connectivity index (χ2n) is 9.80. The number of nitrogens with zero attached hydrogens (tertiary/aromatic N) is 3. The summed E-state index contributed by atoms with van der Waals surface area (Å²) >= 11 is 0. The number of hydrogen-bond donors (Lipinski definition) is 1. The largest absolute Gasteiger partial charge is 0.465 e. The standard InChI is InChI=1S/C27H42N4O5/c1-3-4-13-29(14-5-12-28)27(34)19-30-18-23(22-7-6-21(2)36-20-35-16-11-22)17-24(30)10-15-31-25(32)8-9-26(31)33/h6-7,11,16,23-24H,3-5,8-10,12-15,17-20,28H2,1-2H3/b16-11+,21-6+,22-7+/t23-,24+/m1/s1. The first kappa shape index (κ1) is 27.9. The van der Waals surface area contributed by atoms with Gasteiger partial charge in [0.25, 0.3) is 0 Å². The van der Waals surface area contributed by atoms with E-state index in [0.29, 0.717) is 45.4 Å². The molecule has 200 valence electrons. The minimum absolute atomic E-state index is 0.0897. The molecule has 0 radical (unpaired) electrons. The summed E-state index contributed by atoms with van der Waals surface area (Å²) in [5.41, 5.74) is 6.82. The van der Waals surface area contributed by atoms with E-state index in [1.54, 1.807) is 6.26 Å². The van der Waals surface area contributed by atoms with Crippen LogP contribution in [0.3, 0.4) is 0 Å². The average molecular weight is 503 g/mol. The van der Waals surface area contributed by atoms with Gasteiger partial charge in [-0.25, -0.2) is 0 Å². The van der Waals surface area contributed by atoms with Crippen LogP contribution in [0.25, 0.3) is 0 Å². The molecule has 0 aromatic rings. The van der Waals surface area contributed by atoms with E-state index in [-0.39, 0.29) is 36.5 Å². The minimum Gasteiger partial charge on any atom is -0.465 e. The third-order valence-electron chi connectivity index (χ3n) is 7.17. The Morgan fingerprint density at radius 2 is 1.92 bits per heavy atom. The van der Waals surface area contributed by atoms with Gasteiger partial charge in [-0.15, -0.1) is 0 Å². The van der Waals surface area contributed by atoms with Gasteiger partial charge in [-0.1, -0.05) is 19.4 Å². The summed E-state index contributed by atoms with van der Waals surface area (Å²) < 4.78 is 10.9. The van der Waals surface area contributed by atoms with Crippen LogP contribution in [0.5, 0.6) is 0 Å². The molecule has 3 aliphatic rings. The fourth-order valence-electron chi connectivity index (χ4n) is 5.02. The first-order valence-corrected chi connectivity index (χ1v) is 13.3. The van der Waals surface area contributed by atoms with Crippen LogP contribution < -0.4 is 5.73 Å². The van der Waals surface area contributed by atoms with Crippen molar-refractivity contribution in [2.75, 3.05) is 46.1 Å². The number of imide groups is 1. The molecule has 0 unspecified atom stereocenters. The quantitative estimate of drug-likeness (QED) is 0.409. The van der Waals surface area contributed by atoms with E-state index in [1.165, 1.54) is 4.90 Å². The lowest BCUT2D eigenvalue weighted by Gasteiger charge is -2.29. The summed E-state index contributed by atoms with van der Waals surface area (Å²) in [7, 11) is 0. The zero-order valence-corrected chi connectivity index (χ0v) is 21.8. The molecule has 0 saturated carbocycles. The number of amides is 3. The number of carbonyl (C=O) groups is 3. The lowest BCUT2D eigenvalue weighted by atomic mass is 9.94. The highest BCUT2D eigenvalue weighted by atomic mass is 16.7. The van der Waals surface area contributed by atoms with Crippen molar-refractivity contribution in [3.8, 4) is 0 Å². The van der Waals surface area contributed by atoms with Crippen molar-refractivity contribution < 1.29 is 23.9 Å². The molecule has 36 heavy (non-hydrogen) atoms. The summed E-state index contributed by atoms with van der Waals surface area (Å²) in [6.45, 7) is 7.59. The minimum atomic E-state index is -0.0932. The van der Waals surface area contributed by atoms with Gasteiger partial charge >= 0.3 is 0 Å². The molecule has 9 nitrogen and oxygen atoms in total. The van der Waals surface area contributed by atoms with Crippen LogP contribution in [0.2, 0.25) is 0 Å². The molecular weight excluding hydrogens is 460 g/mol. The van der Waals surface area contributed by atoms with E-state index in [0.717, 1.165) is 50.1 Å². The highest BCUT2D eigenvalue weighted by Gasteiger charge is 2.37. The van der Waals surface area contributed by atoms with Gasteiger partial charge in [0.15, 0.2) is 0 Å². The van der Waals surface area contributed by atoms with Crippen molar-refractivity contribution in [3.05, 3.63) is 35.8 Å². The fraction of sp³-hybridized carbons (Fsp3) is 0.667. The summed E-state index contributed by atoms with van der Waals surface area (Å²) in [5, 5.41) is 0. The van der Waals surface area contributed by atoms with Gasteiger partial charge < -0.3 is 20.1 Å². The fourth-order valence-corrected chi connectivity index (χ4v) is 5.02. The van der Waals surface area contributed by atoms with Crippen LogP contribution in [-0.2, 0) is 23.9 Å². The summed E-state index contributed by atoms with van der Waals surface area (Å²) in [5.74, 6) is 0.897. The van der Waals surface area contributed by atoms with E-state index in [4.69, 9.17) is 15.2 Å². The number of unbranched alkanes of at least 4 members (excludes halogenated alkanes) is 1. The zero-order valence-electron chi connectivity index (χ0n) is 21.8. The number of likely N-dealkylation sites (tertiary alicyclic amines) is 2. The molecular formula is C27H42N4O5. The number of ether oxygens (including phenoxy) is 2. The monoisotopic (exact) mass is 502 g/mol. The van der Waals surface area contributed by atoms with Gasteiger partial charge in [-0.2, -0.15) is 0 Å². The maximum atomic E-state index is 13.3. The smallest absolute Gasteiger partial charge is 0.236 e. The number of rotatable bonds is 12. The molecule has 0 aliphatic carbocycles. The maximum Gasteiger partial charge on any atom is 0.236 e. The second kappa shape index (κ2) is 14.2. The Balaban J connectivity index is 1.74. The highest BCUT2D eigenvalue weighted by molar-refractivity contribution is 6.01. The molecule has 0 aromatic carbocycles. The Kier molecular flexibility index (Phi) is 11.0. The van der Waals surface area contributed by atoms with Crippen molar-refractivity contribution in [2.24, 2.45) is 11.7 Å². The van der Waals surface area contributed by atoms with Gasteiger partial charge in [0.05, 0.1) is 18.6 Å². The predicted octanol–water partition coefficient (Wildman–Crippen LogP) is 2.54. The topological polar surface area (TPSA) is 105 Å². The third kappa shape index (κ3) is 7.93. The number of allylic oxidation sites excluding steroid dienone is 4. The van der Waals surface area contributed by atoms with Crippen molar-refractivity contribution in [3.63, 3.8) is 0 Å². The molecule has 0 spiro atoms. The maximum absolute atomic E-state index is 13.3. The van der Waals surface area contributed by atoms with Crippen LogP contribution in [0.1, 0.15) is 58.8 Å². The van der Waals surface area contributed by atoms with E-state index < -0.39 is 0 Å². The van der Waals surface area contributed by atoms with Gasteiger partial charge in [0.2, 0.25) is 24.5 Å². The lowest BCUT2D eigenvalue weighted by molar-refractivity contribution is -0.139. The Labute approximate surface area is 214 Å². The SMILES string of the molecule is CCCCN(CCCN)C(=O)CN1C[C@H](C2=C/C=C(\C)OCO\C=C\2)C[C@@H]1CCN1C(=O)CCC1=O. The average Bonchev–Trinajstić information content (AvgIpc) is 3.43. The van der Waals surface area contributed by atoms with Crippen LogP contribution in [0, 0.1) is 5.92 Å². The molecule has 0 bridgehead atoms. The van der Waals surface area contributed by atoms with Gasteiger partial charge in [-0.05, 0) is 62.8 Å². The lowest BCUT2D eigenvalue weighted by Crippen LogP contribution is -2.44.